The van der Waals surface area contributed by atoms with E-state index in [1.165, 1.54) is 0 Å². The Kier molecular flexibility index (Phi) is 2.99. The molecule has 3 heteroatoms. The number of aryl methyl sites for hydroxylation is 2. The van der Waals surface area contributed by atoms with Gasteiger partial charge in [-0.2, -0.15) is 11.3 Å². The molecule has 16 heavy (non-hydrogen) atoms. The Morgan fingerprint density at radius 1 is 1.19 bits per heavy atom. The normalized spacial score (nSPS) is 12.7. The van der Waals surface area contributed by atoms with Crippen molar-refractivity contribution < 1.29 is 5.11 Å². The summed E-state index contributed by atoms with van der Waals surface area (Å²) >= 11 is 1.64. The van der Waals surface area contributed by atoms with Crippen LogP contribution >= 0.6 is 11.3 Å². The van der Waals surface area contributed by atoms with Crippen LogP contribution < -0.4 is 5.73 Å². The third-order valence-corrected chi connectivity index (χ3v) is 3.48. The lowest BCUT2D eigenvalue weighted by molar-refractivity contribution is 0.466. The maximum Gasteiger partial charge on any atom is 0.121 e. The third-order valence-electron chi connectivity index (χ3n) is 2.77. The molecule has 1 aromatic carbocycles. The SMILES string of the molecule is Cc1cc([C@H](N)c2ccsc2)cc(C)c1O. The number of aromatic hydroxyl groups is 1. The first-order valence-electron chi connectivity index (χ1n) is 5.17. The van der Waals surface area contributed by atoms with Gasteiger partial charge in [0, 0.05) is 0 Å². The van der Waals surface area contributed by atoms with Gasteiger partial charge in [0.15, 0.2) is 0 Å². The Morgan fingerprint density at radius 2 is 1.81 bits per heavy atom. The third kappa shape index (κ3) is 1.96. The van der Waals surface area contributed by atoms with Crippen molar-refractivity contribution in [3.8, 4) is 5.75 Å². The molecule has 0 saturated heterocycles. The van der Waals surface area contributed by atoms with Gasteiger partial charge in [-0.3, -0.25) is 0 Å². The first-order chi connectivity index (χ1) is 7.59. The molecule has 0 radical (unpaired) electrons. The summed E-state index contributed by atoms with van der Waals surface area (Å²) < 4.78 is 0. The van der Waals surface area contributed by atoms with E-state index in [2.05, 4.69) is 5.38 Å². The average Bonchev–Trinajstić information content (AvgIpc) is 2.77. The van der Waals surface area contributed by atoms with Gasteiger partial charge in [-0.25, -0.2) is 0 Å². The van der Waals surface area contributed by atoms with Crippen LogP contribution in [0.1, 0.15) is 28.3 Å². The van der Waals surface area contributed by atoms with E-state index in [0.29, 0.717) is 5.75 Å². The molecule has 2 nitrogen and oxygen atoms in total. The van der Waals surface area contributed by atoms with E-state index in [1.807, 2.05) is 37.4 Å². The van der Waals surface area contributed by atoms with Gasteiger partial charge in [0.05, 0.1) is 6.04 Å². The smallest absolute Gasteiger partial charge is 0.121 e. The van der Waals surface area contributed by atoms with Gasteiger partial charge in [-0.1, -0.05) is 12.1 Å². The van der Waals surface area contributed by atoms with E-state index < -0.39 is 0 Å². The predicted octanol–water partition coefficient (Wildman–Crippen LogP) is 3.12. The molecule has 0 saturated carbocycles. The minimum absolute atomic E-state index is 0.107. The number of thiophene rings is 1. The van der Waals surface area contributed by atoms with Crippen LogP contribution in [0.25, 0.3) is 0 Å². The van der Waals surface area contributed by atoms with Crippen LogP contribution in [0, 0.1) is 13.8 Å². The standard InChI is InChI=1S/C13H15NOS/c1-8-5-11(6-9(2)13(8)15)12(14)10-3-4-16-7-10/h3-7,12,15H,14H2,1-2H3/t12-/m1/s1. The van der Waals surface area contributed by atoms with Crippen molar-refractivity contribution in [2.45, 2.75) is 19.9 Å². The molecule has 1 aromatic heterocycles. The first-order valence-corrected chi connectivity index (χ1v) is 6.11. The van der Waals surface area contributed by atoms with Gasteiger partial charge in [0.25, 0.3) is 0 Å². The van der Waals surface area contributed by atoms with Crippen LogP contribution in [-0.4, -0.2) is 5.11 Å². The Bertz CT molecular complexity index is 468. The zero-order chi connectivity index (χ0) is 11.7. The van der Waals surface area contributed by atoms with Crippen molar-refractivity contribution in [2.75, 3.05) is 0 Å². The van der Waals surface area contributed by atoms with Crippen molar-refractivity contribution >= 4 is 11.3 Å². The van der Waals surface area contributed by atoms with Gasteiger partial charge in [0.2, 0.25) is 0 Å². The minimum atomic E-state index is -0.107. The highest BCUT2D eigenvalue weighted by Crippen LogP contribution is 2.28. The highest BCUT2D eigenvalue weighted by Gasteiger charge is 2.12. The van der Waals surface area contributed by atoms with Gasteiger partial charge in [0.1, 0.15) is 5.75 Å². The Morgan fingerprint density at radius 3 is 2.31 bits per heavy atom. The maximum atomic E-state index is 9.70. The summed E-state index contributed by atoms with van der Waals surface area (Å²) in [7, 11) is 0. The fourth-order valence-electron chi connectivity index (χ4n) is 1.81. The maximum absolute atomic E-state index is 9.70. The monoisotopic (exact) mass is 233 g/mol. The molecule has 1 atom stereocenters. The van der Waals surface area contributed by atoms with Crippen LogP contribution in [0.4, 0.5) is 0 Å². The molecule has 0 aliphatic heterocycles. The lowest BCUT2D eigenvalue weighted by Crippen LogP contribution is -2.11. The number of nitrogens with two attached hydrogens (primary N) is 1. The highest BCUT2D eigenvalue weighted by atomic mass is 32.1. The summed E-state index contributed by atoms with van der Waals surface area (Å²) in [4.78, 5) is 0. The lowest BCUT2D eigenvalue weighted by atomic mass is 9.97. The Hall–Kier alpha value is -1.32. The minimum Gasteiger partial charge on any atom is -0.507 e. The molecule has 3 N–H and O–H groups in total. The number of rotatable bonds is 2. The second-order valence-corrected chi connectivity index (χ2v) is 4.82. The first kappa shape index (κ1) is 11.2. The van der Waals surface area contributed by atoms with Gasteiger partial charge in [-0.15, -0.1) is 0 Å². The van der Waals surface area contributed by atoms with Crippen molar-refractivity contribution in [3.63, 3.8) is 0 Å². The van der Waals surface area contributed by atoms with Crippen LogP contribution in [0.2, 0.25) is 0 Å². The molecule has 0 unspecified atom stereocenters. The molecule has 0 spiro atoms. The second kappa shape index (κ2) is 4.28. The van der Waals surface area contributed by atoms with Crippen LogP contribution in [-0.2, 0) is 0 Å². The van der Waals surface area contributed by atoms with E-state index in [-0.39, 0.29) is 6.04 Å². The largest absolute Gasteiger partial charge is 0.507 e. The molecule has 0 aliphatic carbocycles. The Labute approximate surface area is 99.4 Å². The molecule has 2 rings (SSSR count). The van der Waals surface area contributed by atoms with E-state index in [0.717, 1.165) is 22.3 Å². The topological polar surface area (TPSA) is 46.2 Å². The highest BCUT2D eigenvalue weighted by molar-refractivity contribution is 7.08. The van der Waals surface area contributed by atoms with E-state index in [4.69, 9.17) is 5.73 Å². The van der Waals surface area contributed by atoms with Crippen molar-refractivity contribution in [1.29, 1.82) is 0 Å². The van der Waals surface area contributed by atoms with Crippen molar-refractivity contribution in [2.24, 2.45) is 5.73 Å². The van der Waals surface area contributed by atoms with Gasteiger partial charge in [-0.05, 0) is 52.9 Å². The van der Waals surface area contributed by atoms with E-state index in [1.54, 1.807) is 11.3 Å². The predicted molar refractivity (Wildman–Crippen MR) is 67.9 cm³/mol. The second-order valence-electron chi connectivity index (χ2n) is 4.04. The lowest BCUT2D eigenvalue weighted by Gasteiger charge is -2.13. The molecule has 1 heterocycles. The molecule has 2 aromatic rings. The molecule has 0 bridgehead atoms. The molecule has 0 amide bonds. The quantitative estimate of drug-likeness (QED) is 0.837. The van der Waals surface area contributed by atoms with Crippen molar-refractivity contribution in [3.05, 3.63) is 51.2 Å². The number of phenols is 1. The zero-order valence-electron chi connectivity index (χ0n) is 9.40. The summed E-state index contributed by atoms with van der Waals surface area (Å²) in [6, 6.07) is 5.83. The molecular formula is C13H15NOS. The fourth-order valence-corrected chi connectivity index (χ4v) is 2.51. The average molecular weight is 233 g/mol. The summed E-state index contributed by atoms with van der Waals surface area (Å²) in [5.74, 6) is 0.362. The van der Waals surface area contributed by atoms with Crippen LogP contribution in [0.3, 0.4) is 0 Å². The van der Waals surface area contributed by atoms with Gasteiger partial charge < -0.3 is 10.8 Å². The molecule has 0 fully saturated rings. The number of benzene rings is 1. The van der Waals surface area contributed by atoms with Crippen LogP contribution in [0.5, 0.6) is 5.75 Å². The van der Waals surface area contributed by atoms with Crippen molar-refractivity contribution in [1.82, 2.24) is 0 Å². The molecule has 84 valence electrons. The van der Waals surface area contributed by atoms with E-state index in [9.17, 15) is 5.11 Å². The number of phenolic OH excluding ortho intramolecular Hbond substituents is 1. The molecular weight excluding hydrogens is 218 g/mol. The van der Waals surface area contributed by atoms with Gasteiger partial charge >= 0.3 is 0 Å². The number of hydrogen-bond acceptors (Lipinski definition) is 3. The van der Waals surface area contributed by atoms with E-state index >= 15 is 0 Å². The fraction of sp³-hybridized carbons (Fsp3) is 0.231. The summed E-state index contributed by atoms with van der Waals surface area (Å²) in [6.07, 6.45) is 0. The summed E-state index contributed by atoms with van der Waals surface area (Å²) in [5.41, 5.74) is 10.1. The Balaban J connectivity index is 2.42. The molecule has 0 aliphatic rings. The summed E-state index contributed by atoms with van der Waals surface area (Å²) in [5, 5.41) is 13.8. The van der Waals surface area contributed by atoms with Crippen LogP contribution in [0.15, 0.2) is 29.0 Å². The summed E-state index contributed by atoms with van der Waals surface area (Å²) in [6.45, 7) is 3.79. The zero-order valence-corrected chi connectivity index (χ0v) is 10.2. The number of hydrogen-bond donors (Lipinski definition) is 2.